The predicted octanol–water partition coefficient (Wildman–Crippen LogP) is 2.01. The Balaban J connectivity index is 2.10. The van der Waals surface area contributed by atoms with Crippen molar-refractivity contribution in [1.82, 2.24) is 0 Å². The standard InChI is InChI=1S/C11H12O3/c12-8-9-4-1-2-5-10(9)14-11-6-3-7-13-11/h1-2,4-5,8,11H,3,6-7H2. The summed E-state index contributed by atoms with van der Waals surface area (Å²) >= 11 is 0. The van der Waals surface area contributed by atoms with Gasteiger partial charge in [0.05, 0.1) is 12.2 Å². The normalized spacial score (nSPS) is 20.7. The molecule has 1 unspecified atom stereocenters. The molecule has 1 heterocycles. The van der Waals surface area contributed by atoms with E-state index in [0.29, 0.717) is 11.3 Å². The van der Waals surface area contributed by atoms with E-state index < -0.39 is 0 Å². The highest BCUT2D eigenvalue weighted by Crippen LogP contribution is 2.21. The van der Waals surface area contributed by atoms with Gasteiger partial charge in [0, 0.05) is 6.42 Å². The van der Waals surface area contributed by atoms with Crippen molar-refractivity contribution in [2.45, 2.75) is 19.1 Å². The van der Waals surface area contributed by atoms with Crippen LogP contribution >= 0.6 is 0 Å². The van der Waals surface area contributed by atoms with Crippen molar-refractivity contribution in [2.75, 3.05) is 6.61 Å². The third-order valence-corrected chi connectivity index (χ3v) is 2.19. The van der Waals surface area contributed by atoms with Gasteiger partial charge in [-0.1, -0.05) is 12.1 Å². The zero-order valence-electron chi connectivity index (χ0n) is 7.81. The van der Waals surface area contributed by atoms with Gasteiger partial charge < -0.3 is 9.47 Å². The van der Waals surface area contributed by atoms with E-state index in [1.54, 1.807) is 12.1 Å². The number of para-hydroxylation sites is 1. The Hall–Kier alpha value is -1.35. The summed E-state index contributed by atoms with van der Waals surface area (Å²) in [5, 5.41) is 0. The van der Waals surface area contributed by atoms with Gasteiger partial charge in [0.15, 0.2) is 12.6 Å². The Kier molecular flexibility index (Phi) is 2.79. The maximum absolute atomic E-state index is 10.7. The molecule has 3 heteroatoms. The van der Waals surface area contributed by atoms with Crippen LogP contribution in [0.1, 0.15) is 23.2 Å². The summed E-state index contributed by atoms with van der Waals surface area (Å²) in [7, 11) is 0. The van der Waals surface area contributed by atoms with Crippen molar-refractivity contribution >= 4 is 6.29 Å². The number of hydrogen-bond acceptors (Lipinski definition) is 3. The SMILES string of the molecule is O=Cc1ccccc1OC1CCCO1. The molecule has 0 aliphatic carbocycles. The van der Waals surface area contributed by atoms with E-state index in [0.717, 1.165) is 25.7 Å². The van der Waals surface area contributed by atoms with Crippen molar-refractivity contribution in [3.05, 3.63) is 29.8 Å². The second-order valence-electron chi connectivity index (χ2n) is 3.22. The van der Waals surface area contributed by atoms with Gasteiger partial charge in [0.2, 0.25) is 0 Å². The van der Waals surface area contributed by atoms with Gasteiger partial charge in [-0.2, -0.15) is 0 Å². The molecule has 2 rings (SSSR count). The number of carbonyl (C=O) groups excluding carboxylic acids is 1. The van der Waals surface area contributed by atoms with Gasteiger partial charge in [-0.05, 0) is 18.6 Å². The van der Waals surface area contributed by atoms with Crippen molar-refractivity contribution in [1.29, 1.82) is 0 Å². The number of carbonyl (C=O) groups is 1. The Morgan fingerprint density at radius 2 is 2.29 bits per heavy atom. The fourth-order valence-corrected chi connectivity index (χ4v) is 1.47. The Morgan fingerprint density at radius 1 is 1.43 bits per heavy atom. The van der Waals surface area contributed by atoms with Crippen LogP contribution in [-0.2, 0) is 4.74 Å². The summed E-state index contributed by atoms with van der Waals surface area (Å²) < 4.78 is 10.9. The first-order valence-electron chi connectivity index (χ1n) is 4.72. The number of ether oxygens (including phenoxy) is 2. The molecule has 0 saturated carbocycles. The van der Waals surface area contributed by atoms with E-state index in [2.05, 4.69) is 0 Å². The maximum Gasteiger partial charge on any atom is 0.199 e. The summed E-state index contributed by atoms with van der Waals surface area (Å²) in [4.78, 5) is 10.7. The maximum atomic E-state index is 10.7. The van der Waals surface area contributed by atoms with Gasteiger partial charge >= 0.3 is 0 Å². The first-order chi connectivity index (χ1) is 6.90. The van der Waals surface area contributed by atoms with E-state index in [1.807, 2.05) is 12.1 Å². The third kappa shape index (κ3) is 1.93. The summed E-state index contributed by atoms with van der Waals surface area (Å²) in [6, 6.07) is 7.17. The molecule has 0 radical (unpaired) electrons. The van der Waals surface area contributed by atoms with E-state index in [-0.39, 0.29) is 6.29 Å². The van der Waals surface area contributed by atoms with Crippen LogP contribution in [0, 0.1) is 0 Å². The molecule has 1 aromatic carbocycles. The molecule has 14 heavy (non-hydrogen) atoms. The molecule has 1 aliphatic heterocycles. The summed E-state index contributed by atoms with van der Waals surface area (Å²) in [5.74, 6) is 0.606. The fraction of sp³-hybridized carbons (Fsp3) is 0.364. The molecule has 1 fully saturated rings. The molecule has 0 amide bonds. The molecule has 0 N–H and O–H groups in total. The minimum absolute atomic E-state index is 0.184. The van der Waals surface area contributed by atoms with Crippen LogP contribution in [0.25, 0.3) is 0 Å². The highest BCUT2D eigenvalue weighted by molar-refractivity contribution is 5.79. The summed E-state index contributed by atoms with van der Waals surface area (Å²) in [6.07, 6.45) is 2.53. The number of aldehydes is 1. The minimum atomic E-state index is -0.184. The molecular weight excluding hydrogens is 180 g/mol. The molecule has 1 atom stereocenters. The summed E-state index contributed by atoms with van der Waals surface area (Å²) in [5.41, 5.74) is 0.572. The van der Waals surface area contributed by atoms with Gasteiger partial charge in [0.1, 0.15) is 5.75 Å². The topological polar surface area (TPSA) is 35.5 Å². The fourth-order valence-electron chi connectivity index (χ4n) is 1.47. The van der Waals surface area contributed by atoms with Gasteiger partial charge in [0.25, 0.3) is 0 Å². The summed E-state index contributed by atoms with van der Waals surface area (Å²) in [6.45, 7) is 0.744. The molecule has 1 aliphatic rings. The highest BCUT2D eigenvalue weighted by Gasteiger charge is 2.17. The van der Waals surface area contributed by atoms with Crippen LogP contribution in [0.15, 0.2) is 24.3 Å². The second kappa shape index (κ2) is 4.24. The molecule has 0 bridgehead atoms. The van der Waals surface area contributed by atoms with E-state index in [1.165, 1.54) is 0 Å². The molecular formula is C11H12O3. The highest BCUT2D eigenvalue weighted by atomic mass is 16.7. The van der Waals surface area contributed by atoms with Crippen molar-refractivity contribution in [2.24, 2.45) is 0 Å². The lowest BCUT2D eigenvalue weighted by Gasteiger charge is -2.13. The van der Waals surface area contributed by atoms with Gasteiger partial charge in [-0.15, -0.1) is 0 Å². The molecule has 3 nitrogen and oxygen atoms in total. The lowest BCUT2D eigenvalue weighted by molar-refractivity contribution is -0.0392. The third-order valence-electron chi connectivity index (χ3n) is 2.19. The minimum Gasteiger partial charge on any atom is -0.464 e. The molecule has 0 spiro atoms. The average molecular weight is 192 g/mol. The number of benzene rings is 1. The van der Waals surface area contributed by atoms with Crippen LogP contribution in [-0.4, -0.2) is 19.2 Å². The lowest BCUT2D eigenvalue weighted by Crippen LogP contribution is -2.14. The quantitative estimate of drug-likeness (QED) is 0.687. The number of rotatable bonds is 3. The first kappa shape index (κ1) is 9.21. The van der Waals surface area contributed by atoms with E-state index >= 15 is 0 Å². The van der Waals surface area contributed by atoms with Crippen molar-refractivity contribution in [3.63, 3.8) is 0 Å². The zero-order chi connectivity index (χ0) is 9.80. The monoisotopic (exact) mass is 192 g/mol. The van der Waals surface area contributed by atoms with E-state index in [9.17, 15) is 4.79 Å². The molecule has 74 valence electrons. The molecule has 1 saturated heterocycles. The second-order valence-corrected chi connectivity index (χ2v) is 3.22. The van der Waals surface area contributed by atoms with E-state index in [4.69, 9.17) is 9.47 Å². The Bertz CT molecular complexity index is 316. The van der Waals surface area contributed by atoms with Crippen molar-refractivity contribution < 1.29 is 14.3 Å². The smallest absolute Gasteiger partial charge is 0.199 e. The molecule has 1 aromatic rings. The first-order valence-corrected chi connectivity index (χ1v) is 4.72. The van der Waals surface area contributed by atoms with Gasteiger partial charge in [-0.25, -0.2) is 0 Å². The van der Waals surface area contributed by atoms with Gasteiger partial charge in [-0.3, -0.25) is 4.79 Å². The Morgan fingerprint density at radius 3 is 3.00 bits per heavy atom. The van der Waals surface area contributed by atoms with Crippen LogP contribution in [0.5, 0.6) is 5.75 Å². The van der Waals surface area contributed by atoms with Crippen LogP contribution in [0.3, 0.4) is 0 Å². The lowest BCUT2D eigenvalue weighted by atomic mass is 10.2. The van der Waals surface area contributed by atoms with Crippen LogP contribution in [0.2, 0.25) is 0 Å². The van der Waals surface area contributed by atoms with Crippen LogP contribution in [0.4, 0.5) is 0 Å². The Labute approximate surface area is 82.6 Å². The average Bonchev–Trinajstić information content (AvgIpc) is 2.71. The van der Waals surface area contributed by atoms with Crippen molar-refractivity contribution in [3.8, 4) is 5.75 Å². The predicted molar refractivity (Wildman–Crippen MR) is 51.4 cm³/mol. The number of hydrogen-bond donors (Lipinski definition) is 0. The molecule has 0 aromatic heterocycles. The zero-order valence-corrected chi connectivity index (χ0v) is 7.81. The largest absolute Gasteiger partial charge is 0.464 e. The van der Waals surface area contributed by atoms with Crippen LogP contribution < -0.4 is 4.74 Å².